The minimum Gasteiger partial charge on any atom is -0.469 e. The summed E-state index contributed by atoms with van der Waals surface area (Å²) in [5.41, 5.74) is 0.858. The SMILES string of the molecule is COC(=O)CC[C@@H](C)[C@H]1CCC2C3CC[C@H]4CC(=O)CC[C@]4(C)C3CC[C@@]21C. The van der Waals surface area contributed by atoms with E-state index in [2.05, 4.69) is 20.8 Å². The summed E-state index contributed by atoms with van der Waals surface area (Å²) in [4.78, 5) is 23.7. The molecule has 0 saturated heterocycles. The van der Waals surface area contributed by atoms with Crippen LogP contribution in [0.15, 0.2) is 0 Å². The van der Waals surface area contributed by atoms with E-state index < -0.39 is 0 Å². The Morgan fingerprint density at radius 3 is 2.57 bits per heavy atom. The Morgan fingerprint density at radius 1 is 1.07 bits per heavy atom. The smallest absolute Gasteiger partial charge is 0.305 e. The Balaban J connectivity index is 1.49. The zero-order valence-corrected chi connectivity index (χ0v) is 18.5. The number of Topliss-reactive ketones (excluding diaryl/α,β-unsaturated/α-hetero) is 1. The first-order valence-corrected chi connectivity index (χ1v) is 11.9. The monoisotopic (exact) mass is 388 g/mol. The predicted molar refractivity (Wildman–Crippen MR) is 111 cm³/mol. The van der Waals surface area contributed by atoms with Crippen LogP contribution in [-0.4, -0.2) is 18.9 Å². The first-order chi connectivity index (χ1) is 13.3. The van der Waals surface area contributed by atoms with Crippen LogP contribution < -0.4 is 0 Å². The zero-order chi connectivity index (χ0) is 20.1. The number of esters is 1. The minimum atomic E-state index is -0.0617. The Hall–Kier alpha value is -0.860. The fourth-order valence-electron chi connectivity index (χ4n) is 8.67. The van der Waals surface area contributed by atoms with Gasteiger partial charge in [0.1, 0.15) is 5.78 Å². The lowest BCUT2D eigenvalue weighted by Crippen LogP contribution is -2.53. The van der Waals surface area contributed by atoms with Gasteiger partial charge in [-0.25, -0.2) is 0 Å². The molecule has 0 spiro atoms. The van der Waals surface area contributed by atoms with E-state index in [0.717, 1.165) is 49.4 Å². The molecule has 8 atom stereocenters. The maximum Gasteiger partial charge on any atom is 0.305 e. The third kappa shape index (κ3) is 3.16. The van der Waals surface area contributed by atoms with Gasteiger partial charge in [0, 0.05) is 19.3 Å². The predicted octanol–water partition coefficient (Wildman–Crippen LogP) is 5.80. The van der Waals surface area contributed by atoms with Crippen LogP contribution in [0.4, 0.5) is 0 Å². The van der Waals surface area contributed by atoms with Crippen molar-refractivity contribution >= 4 is 11.8 Å². The summed E-state index contributed by atoms with van der Waals surface area (Å²) in [5.74, 6) is 5.01. The Kier molecular flexibility index (Phi) is 5.42. The normalized spacial score (nSPS) is 46.3. The van der Waals surface area contributed by atoms with E-state index in [4.69, 9.17) is 4.74 Å². The number of methoxy groups -OCH3 is 1. The highest BCUT2D eigenvalue weighted by Gasteiger charge is 2.60. The molecule has 4 aliphatic carbocycles. The van der Waals surface area contributed by atoms with E-state index in [1.807, 2.05) is 0 Å². The minimum absolute atomic E-state index is 0.0617. The fourth-order valence-corrected chi connectivity index (χ4v) is 8.67. The van der Waals surface area contributed by atoms with Crippen molar-refractivity contribution in [2.75, 3.05) is 7.11 Å². The van der Waals surface area contributed by atoms with Crippen LogP contribution in [0.5, 0.6) is 0 Å². The molecule has 0 aromatic rings. The van der Waals surface area contributed by atoms with Crippen LogP contribution in [0.2, 0.25) is 0 Å². The van der Waals surface area contributed by atoms with Crippen LogP contribution in [-0.2, 0) is 14.3 Å². The van der Waals surface area contributed by atoms with Gasteiger partial charge in [0.15, 0.2) is 0 Å². The second-order valence-electron chi connectivity index (χ2n) is 11.2. The maximum atomic E-state index is 12.1. The summed E-state index contributed by atoms with van der Waals surface area (Å²) in [7, 11) is 1.50. The van der Waals surface area contributed by atoms with Crippen molar-refractivity contribution in [2.45, 2.75) is 91.4 Å². The highest BCUT2D eigenvalue weighted by atomic mass is 16.5. The third-order valence-electron chi connectivity index (χ3n) is 10.3. The number of hydrogen-bond donors (Lipinski definition) is 0. The van der Waals surface area contributed by atoms with E-state index in [-0.39, 0.29) is 5.97 Å². The molecule has 4 saturated carbocycles. The number of carbonyl (C=O) groups is 2. The molecule has 3 heteroatoms. The van der Waals surface area contributed by atoms with Crippen LogP contribution >= 0.6 is 0 Å². The summed E-state index contributed by atoms with van der Waals surface area (Å²) in [5, 5.41) is 0. The van der Waals surface area contributed by atoms with E-state index >= 15 is 0 Å². The third-order valence-corrected chi connectivity index (χ3v) is 10.3. The zero-order valence-electron chi connectivity index (χ0n) is 18.5. The summed E-state index contributed by atoms with van der Waals surface area (Å²) in [6.45, 7) is 7.49. The van der Waals surface area contributed by atoms with Gasteiger partial charge in [-0.15, -0.1) is 0 Å². The largest absolute Gasteiger partial charge is 0.469 e. The number of carbonyl (C=O) groups excluding carboxylic acids is 2. The highest BCUT2D eigenvalue weighted by Crippen LogP contribution is 2.68. The lowest BCUT2D eigenvalue weighted by atomic mass is 9.44. The van der Waals surface area contributed by atoms with Crippen molar-refractivity contribution in [2.24, 2.45) is 46.3 Å². The standard InChI is InChI=1S/C25H40O3/c1-16(5-10-23(27)28-4)20-8-9-21-19-7-6-17-15-18(26)11-13-24(17,2)22(19)12-14-25(20,21)3/h16-17,19-22H,5-15H2,1-4H3/t16-,17+,19?,20-,21?,22?,24+,25-/m1/s1. The van der Waals surface area contributed by atoms with Crippen molar-refractivity contribution in [3.05, 3.63) is 0 Å². The quantitative estimate of drug-likeness (QED) is 0.571. The van der Waals surface area contributed by atoms with Crippen molar-refractivity contribution in [3.63, 3.8) is 0 Å². The summed E-state index contributed by atoms with van der Waals surface area (Å²) >= 11 is 0. The molecule has 28 heavy (non-hydrogen) atoms. The molecular formula is C25H40O3. The molecule has 0 aliphatic heterocycles. The van der Waals surface area contributed by atoms with Crippen LogP contribution in [0.25, 0.3) is 0 Å². The van der Waals surface area contributed by atoms with Gasteiger partial charge in [-0.3, -0.25) is 9.59 Å². The van der Waals surface area contributed by atoms with Crippen LogP contribution in [0, 0.1) is 46.3 Å². The van der Waals surface area contributed by atoms with Gasteiger partial charge in [0.05, 0.1) is 7.11 Å². The van der Waals surface area contributed by atoms with Crippen LogP contribution in [0.1, 0.15) is 91.4 Å². The van der Waals surface area contributed by atoms with Crippen molar-refractivity contribution < 1.29 is 14.3 Å². The van der Waals surface area contributed by atoms with Gasteiger partial charge < -0.3 is 4.74 Å². The van der Waals surface area contributed by atoms with Crippen molar-refractivity contribution in [1.29, 1.82) is 0 Å². The lowest BCUT2D eigenvalue weighted by molar-refractivity contribution is -0.141. The average molecular weight is 389 g/mol. The van der Waals surface area contributed by atoms with Crippen molar-refractivity contribution in [3.8, 4) is 0 Å². The molecule has 0 amide bonds. The molecular weight excluding hydrogens is 348 g/mol. The molecule has 0 bridgehead atoms. The second kappa shape index (κ2) is 7.43. The summed E-state index contributed by atoms with van der Waals surface area (Å²) in [6, 6.07) is 0. The Labute approximate surface area is 171 Å². The number of fused-ring (bicyclic) bond motifs is 5. The van der Waals surface area contributed by atoms with Gasteiger partial charge >= 0.3 is 5.97 Å². The number of rotatable bonds is 4. The maximum absolute atomic E-state index is 12.1. The molecule has 0 N–H and O–H groups in total. The molecule has 0 heterocycles. The van der Waals surface area contributed by atoms with Gasteiger partial charge in [-0.1, -0.05) is 20.8 Å². The molecule has 4 rings (SSSR count). The Bertz CT molecular complexity index is 627. The van der Waals surface area contributed by atoms with Gasteiger partial charge in [0.25, 0.3) is 0 Å². The molecule has 0 aromatic carbocycles. The first-order valence-electron chi connectivity index (χ1n) is 11.9. The highest BCUT2D eigenvalue weighted by molar-refractivity contribution is 5.79. The molecule has 4 fully saturated rings. The van der Waals surface area contributed by atoms with Gasteiger partial charge in [-0.05, 0) is 97.7 Å². The number of ketones is 1. The molecule has 3 unspecified atom stereocenters. The van der Waals surface area contributed by atoms with E-state index in [1.54, 1.807) is 0 Å². The second-order valence-corrected chi connectivity index (χ2v) is 11.2. The van der Waals surface area contributed by atoms with Gasteiger partial charge in [-0.2, -0.15) is 0 Å². The first kappa shape index (κ1) is 20.4. The van der Waals surface area contributed by atoms with Gasteiger partial charge in [0.2, 0.25) is 0 Å². The summed E-state index contributed by atoms with van der Waals surface area (Å²) < 4.78 is 4.87. The van der Waals surface area contributed by atoms with E-state index in [0.29, 0.717) is 34.9 Å². The van der Waals surface area contributed by atoms with E-state index in [1.165, 1.54) is 45.6 Å². The molecule has 158 valence electrons. The molecule has 4 aliphatic rings. The van der Waals surface area contributed by atoms with E-state index in [9.17, 15) is 9.59 Å². The number of ether oxygens (including phenoxy) is 1. The molecule has 3 nitrogen and oxygen atoms in total. The molecule has 0 aromatic heterocycles. The average Bonchev–Trinajstić information content (AvgIpc) is 3.03. The Morgan fingerprint density at radius 2 is 1.82 bits per heavy atom. The topological polar surface area (TPSA) is 43.4 Å². The fraction of sp³-hybridized carbons (Fsp3) is 0.920. The lowest BCUT2D eigenvalue weighted by Gasteiger charge is -2.60. The van der Waals surface area contributed by atoms with Crippen LogP contribution in [0.3, 0.4) is 0 Å². The summed E-state index contributed by atoms with van der Waals surface area (Å²) in [6.07, 6.45) is 12.4. The van der Waals surface area contributed by atoms with Crippen molar-refractivity contribution in [1.82, 2.24) is 0 Å². The molecule has 0 radical (unpaired) electrons. The number of hydrogen-bond acceptors (Lipinski definition) is 3.